The molecule has 1 amide bonds. The highest BCUT2D eigenvalue weighted by Crippen LogP contribution is 2.47. The van der Waals surface area contributed by atoms with Gasteiger partial charge in [0, 0.05) is 6.20 Å². The van der Waals surface area contributed by atoms with Gasteiger partial charge in [-0.1, -0.05) is 18.2 Å². The smallest absolute Gasteiger partial charge is 0.310 e. The Hall–Kier alpha value is -2.21. The molecule has 2 aliphatic heterocycles. The van der Waals surface area contributed by atoms with Crippen molar-refractivity contribution in [2.45, 2.75) is 25.2 Å². The molecule has 0 unspecified atom stereocenters. The molecule has 6 heteroatoms. The van der Waals surface area contributed by atoms with Crippen LogP contribution in [0.2, 0.25) is 0 Å². The summed E-state index contributed by atoms with van der Waals surface area (Å²) in [7, 11) is 0. The van der Waals surface area contributed by atoms with Crippen molar-refractivity contribution in [3.8, 4) is 0 Å². The molecule has 6 nitrogen and oxygen atoms in total. The number of hydrogen-bond donors (Lipinski definition) is 2. The molecular formula is C15H16N2O4. The fourth-order valence-corrected chi connectivity index (χ4v) is 3.07. The lowest BCUT2D eigenvalue weighted by Crippen LogP contribution is -2.46. The number of nitrogens with zero attached hydrogens (tertiary/aromatic N) is 1. The van der Waals surface area contributed by atoms with E-state index in [0.717, 1.165) is 5.69 Å². The molecule has 1 fully saturated rings. The molecule has 2 N–H and O–H groups in total. The number of rotatable bonds is 4. The number of fused-ring (bicyclic) bond motifs is 2. The molecule has 2 aliphatic rings. The largest absolute Gasteiger partial charge is 0.481 e. The average Bonchev–Trinajstić information content (AvgIpc) is 2.99. The number of carboxylic acid groups (broad SMARTS) is 1. The van der Waals surface area contributed by atoms with E-state index in [1.54, 1.807) is 37.4 Å². The van der Waals surface area contributed by atoms with Crippen LogP contribution in [0.3, 0.4) is 0 Å². The van der Waals surface area contributed by atoms with Crippen molar-refractivity contribution in [2.24, 2.45) is 11.8 Å². The molecule has 1 saturated heterocycles. The predicted octanol–water partition coefficient (Wildman–Crippen LogP) is 0.742. The molecule has 1 aromatic rings. The van der Waals surface area contributed by atoms with E-state index in [1.165, 1.54) is 0 Å². The monoisotopic (exact) mass is 288 g/mol. The minimum Gasteiger partial charge on any atom is -0.481 e. The first-order valence-corrected chi connectivity index (χ1v) is 6.79. The Labute approximate surface area is 121 Å². The van der Waals surface area contributed by atoms with Crippen molar-refractivity contribution in [2.75, 3.05) is 0 Å². The maximum absolute atomic E-state index is 12.4. The fourth-order valence-electron chi connectivity index (χ4n) is 3.07. The fraction of sp³-hybridized carbons (Fsp3) is 0.400. The highest BCUT2D eigenvalue weighted by Gasteiger charge is 2.59. The molecule has 21 heavy (non-hydrogen) atoms. The highest BCUT2D eigenvalue weighted by molar-refractivity contribution is 5.88. The van der Waals surface area contributed by atoms with Gasteiger partial charge in [0.2, 0.25) is 5.91 Å². The number of carbonyl (C=O) groups excluding carboxylic acids is 1. The van der Waals surface area contributed by atoms with Crippen LogP contribution < -0.4 is 5.32 Å². The van der Waals surface area contributed by atoms with Gasteiger partial charge in [0.05, 0.1) is 29.9 Å². The van der Waals surface area contributed by atoms with Crippen LogP contribution in [0.4, 0.5) is 0 Å². The molecule has 0 saturated carbocycles. The number of nitrogens with one attached hydrogen (secondary N) is 1. The van der Waals surface area contributed by atoms with Gasteiger partial charge < -0.3 is 15.2 Å². The first-order valence-electron chi connectivity index (χ1n) is 6.79. The zero-order chi connectivity index (χ0) is 15.0. The van der Waals surface area contributed by atoms with E-state index in [9.17, 15) is 14.7 Å². The van der Waals surface area contributed by atoms with Gasteiger partial charge in [0.1, 0.15) is 5.92 Å². The summed E-state index contributed by atoms with van der Waals surface area (Å²) in [6.45, 7) is 2.02. The molecule has 0 aromatic carbocycles. The van der Waals surface area contributed by atoms with E-state index in [2.05, 4.69) is 10.3 Å². The lowest BCUT2D eigenvalue weighted by molar-refractivity contribution is -0.147. The minimum atomic E-state index is -1.01. The van der Waals surface area contributed by atoms with Gasteiger partial charge in [-0.3, -0.25) is 14.6 Å². The zero-order valence-electron chi connectivity index (χ0n) is 11.5. The summed E-state index contributed by atoms with van der Waals surface area (Å²) in [4.78, 5) is 27.9. The van der Waals surface area contributed by atoms with Crippen LogP contribution in [-0.2, 0) is 20.9 Å². The van der Waals surface area contributed by atoms with Crippen molar-refractivity contribution in [3.63, 3.8) is 0 Å². The van der Waals surface area contributed by atoms with E-state index in [0.29, 0.717) is 0 Å². The summed E-state index contributed by atoms with van der Waals surface area (Å²) in [6, 6.07) is 5.43. The Balaban J connectivity index is 1.74. The Bertz CT molecular complexity index is 601. The van der Waals surface area contributed by atoms with Gasteiger partial charge in [0.25, 0.3) is 0 Å². The van der Waals surface area contributed by atoms with Gasteiger partial charge >= 0.3 is 5.97 Å². The lowest BCUT2D eigenvalue weighted by atomic mass is 9.76. The van der Waals surface area contributed by atoms with Gasteiger partial charge in [0.15, 0.2) is 0 Å². The van der Waals surface area contributed by atoms with Crippen LogP contribution >= 0.6 is 0 Å². The van der Waals surface area contributed by atoms with E-state index < -0.39 is 29.5 Å². The number of pyridine rings is 1. The maximum Gasteiger partial charge on any atom is 0.310 e. The predicted molar refractivity (Wildman–Crippen MR) is 73.1 cm³/mol. The maximum atomic E-state index is 12.4. The molecule has 3 heterocycles. The van der Waals surface area contributed by atoms with Crippen LogP contribution in [0.1, 0.15) is 12.6 Å². The number of aliphatic carboxylic acids is 1. The number of aromatic nitrogens is 1. The van der Waals surface area contributed by atoms with Gasteiger partial charge in [-0.25, -0.2) is 0 Å². The number of ether oxygens (including phenoxy) is 1. The zero-order valence-corrected chi connectivity index (χ0v) is 11.5. The first kappa shape index (κ1) is 13.8. The molecule has 0 radical (unpaired) electrons. The standard InChI is InChI=1S/C15H16N2O4/c1-15-6-5-10(21-15)11(14(19)20)12(15)13(18)17-8-9-4-2-3-7-16-9/h2-7,10-12H,8H2,1H3,(H,17,18)(H,19,20)/t10-,11-,12-,15+/m1/s1. The Morgan fingerprint density at radius 1 is 1.48 bits per heavy atom. The van der Waals surface area contributed by atoms with Gasteiger partial charge in [-0.05, 0) is 19.1 Å². The van der Waals surface area contributed by atoms with Crippen LogP contribution in [0.25, 0.3) is 0 Å². The van der Waals surface area contributed by atoms with Crippen molar-refractivity contribution < 1.29 is 19.4 Å². The molecular weight excluding hydrogens is 272 g/mol. The number of carbonyl (C=O) groups is 2. The normalized spacial score (nSPS) is 33.1. The summed E-state index contributed by atoms with van der Waals surface area (Å²) < 4.78 is 5.65. The Morgan fingerprint density at radius 2 is 2.29 bits per heavy atom. The second kappa shape index (κ2) is 4.96. The van der Waals surface area contributed by atoms with Crippen LogP contribution in [0.5, 0.6) is 0 Å². The Kier molecular flexibility index (Phi) is 3.25. The second-order valence-electron chi connectivity index (χ2n) is 5.51. The van der Waals surface area contributed by atoms with E-state index in [-0.39, 0.29) is 12.5 Å². The number of carboxylic acids is 1. The summed E-state index contributed by atoms with van der Waals surface area (Å²) in [5.41, 5.74) is -0.121. The molecule has 2 bridgehead atoms. The molecule has 0 aliphatic carbocycles. The van der Waals surface area contributed by atoms with E-state index >= 15 is 0 Å². The summed E-state index contributed by atoms with van der Waals surface area (Å²) >= 11 is 0. The topological polar surface area (TPSA) is 88.5 Å². The Morgan fingerprint density at radius 3 is 2.95 bits per heavy atom. The molecule has 3 rings (SSSR count). The molecule has 4 atom stereocenters. The van der Waals surface area contributed by atoms with Crippen molar-refractivity contribution in [3.05, 3.63) is 42.2 Å². The molecule has 0 spiro atoms. The summed E-state index contributed by atoms with van der Waals surface area (Å²) in [5.74, 6) is -2.90. The SMILES string of the molecule is C[C@@]12C=C[C@@H](O1)[C@@H](C(=O)O)[C@@H]2C(=O)NCc1ccccn1. The first-order chi connectivity index (χ1) is 10.0. The van der Waals surface area contributed by atoms with Crippen molar-refractivity contribution in [1.82, 2.24) is 10.3 Å². The third-order valence-electron chi connectivity index (χ3n) is 4.07. The number of amides is 1. The second-order valence-corrected chi connectivity index (χ2v) is 5.51. The van der Waals surface area contributed by atoms with Crippen molar-refractivity contribution >= 4 is 11.9 Å². The average molecular weight is 288 g/mol. The van der Waals surface area contributed by atoms with Crippen LogP contribution in [0, 0.1) is 11.8 Å². The lowest BCUT2D eigenvalue weighted by Gasteiger charge is -2.27. The number of hydrogen-bond acceptors (Lipinski definition) is 4. The van der Waals surface area contributed by atoms with Gasteiger partial charge in [-0.15, -0.1) is 0 Å². The van der Waals surface area contributed by atoms with Crippen LogP contribution in [0.15, 0.2) is 36.5 Å². The van der Waals surface area contributed by atoms with E-state index in [4.69, 9.17) is 4.74 Å². The summed E-state index contributed by atoms with van der Waals surface area (Å²) in [5, 5.41) is 12.1. The van der Waals surface area contributed by atoms with Gasteiger partial charge in [-0.2, -0.15) is 0 Å². The third-order valence-corrected chi connectivity index (χ3v) is 4.07. The van der Waals surface area contributed by atoms with Crippen molar-refractivity contribution in [1.29, 1.82) is 0 Å². The molecule has 1 aromatic heterocycles. The third kappa shape index (κ3) is 2.31. The minimum absolute atomic E-state index is 0.271. The summed E-state index contributed by atoms with van der Waals surface area (Å²) in [6.07, 6.45) is 4.62. The van der Waals surface area contributed by atoms with E-state index in [1.807, 2.05) is 6.07 Å². The quantitative estimate of drug-likeness (QED) is 0.798. The van der Waals surface area contributed by atoms with Crippen LogP contribution in [-0.4, -0.2) is 33.7 Å². The molecule has 110 valence electrons. The highest BCUT2D eigenvalue weighted by atomic mass is 16.5.